The molecule has 0 amide bonds. The number of hydrogen-bond donors (Lipinski definition) is 0. The van der Waals surface area contributed by atoms with Gasteiger partial charge in [-0.05, 0) is 0 Å². The predicted molar refractivity (Wildman–Crippen MR) is 344 cm³/mol. The molecule has 0 saturated heterocycles. The summed E-state index contributed by atoms with van der Waals surface area (Å²) >= 11 is 0. The Labute approximate surface area is 468 Å². The molecule has 1 aliphatic rings. The summed E-state index contributed by atoms with van der Waals surface area (Å²) in [6, 6.07) is 0. The zero-order chi connectivity index (χ0) is 55.5. The standard InChI is InChI=1S/C49H13B25/c1-5-11(9(3)16-14(8-50)31(54)36(59)25-20(16)27(48(71)72)42(65)44(67)40(25)63)12(30(53)32(55)15(51)6-2)7-13-19-23(35(58)47(70)46(69)34(19)57)22(29(13)52)18-10(4)17-21-26(39(62)38(61)24(17)37(60)33(18)56)41(64)45(68)43(66)28(21)49(73)74/h1-2,13H,7-8H2,3-4H3/b11-9+,30-12-,32-15-. The monoisotopic (exact) mass is 876 g/mol. The second kappa shape index (κ2) is 20.8. The van der Waals surface area contributed by atoms with E-state index in [4.69, 9.17) is 208 Å². The molecule has 0 spiro atoms. The fourth-order valence-corrected chi connectivity index (χ4v) is 10.5. The summed E-state index contributed by atoms with van der Waals surface area (Å²) in [5.74, 6) is 4.00. The summed E-state index contributed by atoms with van der Waals surface area (Å²) in [6.45, 7) is 3.35. The first-order valence-corrected chi connectivity index (χ1v) is 22.1. The van der Waals surface area contributed by atoms with Crippen LogP contribution in [0.3, 0.4) is 0 Å². The fraction of sp³-hybridized carbons (Fsp3) is 0.102. The first kappa shape index (κ1) is 57.3. The SMILES string of the molecule is [B]Cc1c([B])c([B])c2c([B])c([B])c([B])c(C([B])=[B])c2c1/C(C)=C(C#C)/C(CC1C([B])=C(c2c([B])c([B])c3c([B])c([B])c4c([B])c([B])c([B])c(C([B])=[B])c4c3c2C)c2c([B])c([B])c([B])c([B])c21)=C([B])/C([B])=C(/[B])C#C. The summed E-state index contributed by atoms with van der Waals surface area (Å²) in [6.07, 6.45) is 11.8. The predicted octanol–water partition coefficient (Wildman–Crippen LogP) is -12.4. The number of rotatable bonds is 9. The molecule has 284 valence electrons. The quantitative estimate of drug-likeness (QED) is 0.0588. The van der Waals surface area contributed by atoms with Crippen LogP contribution in [-0.4, -0.2) is 206 Å². The van der Waals surface area contributed by atoms with E-state index in [0.29, 0.717) is 10.9 Å². The van der Waals surface area contributed by atoms with Crippen molar-refractivity contribution < 1.29 is 0 Å². The van der Waals surface area contributed by atoms with Gasteiger partial charge in [0.2, 0.25) is 0 Å². The van der Waals surface area contributed by atoms with Crippen LogP contribution in [0.15, 0.2) is 33.0 Å². The molecular formula is C49H13B25. The molecule has 0 fully saturated rings. The molecule has 0 saturated carbocycles. The van der Waals surface area contributed by atoms with Crippen molar-refractivity contribution in [2.24, 2.45) is 0 Å². The van der Waals surface area contributed by atoms with Gasteiger partial charge in [-0.1, -0.05) is 0 Å². The Bertz CT molecular complexity index is 3890. The molecule has 7 rings (SSSR count). The van der Waals surface area contributed by atoms with Crippen LogP contribution in [0, 0.1) is 31.6 Å². The van der Waals surface area contributed by atoms with Gasteiger partial charge in [0.25, 0.3) is 0 Å². The Morgan fingerprint density at radius 2 is 0.878 bits per heavy atom. The first-order valence-electron chi connectivity index (χ1n) is 22.1. The normalized spacial score (nSPS) is 14.3. The van der Waals surface area contributed by atoms with Crippen LogP contribution in [-0.2, 0) is 6.32 Å². The van der Waals surface area contributed by atoms with Gasteiger partial charge in [-0.2, -0.15) is 0 Å². The maximum atomic E-state index is 7.48. The Kier molecular flexibility index (Phi) is 16.1. The molecule has 0 nitrogen and oxygen atoms in total. The Morgan fingerprint density at radius 3 is 1.36 bits per heavy atom. The topological polar surface area (TPSA) is 0 Å². The Balaban J connectivity index is 1.70. The molecule has 0 heterocycles. The van der Waals surface area contributed by atoms with Gasteiger partial charge in [0, 0.05) is 0 Å². The Morgan fingerprint density at radius 1 is 0.459 bits per heavy atom. The number of hydrogen-bond acceptors (Lipinski definition) is 0. The van der Waals surface area contributed by atoms with Crippen LogP contribution < -0.4 is 87.4 Å². The van der Waals surface area contributed by atoms with E-state index in [2.05, 4.69) is 11.8 Å². The second-order valence-electron chi connectivity index (χ2n) is 18.0. The van der Waals surface area contributed by atoms with E-state index in [0.717, 1.165) is 0 Å². The molecule has 0 aromatic heterocycles. The van der Waals surface area contributed by atoms with Crippen LogP contribution >= 0.6 is 0 Å². The van der Waals surface area contributed by atoms with Crippen molar-refractivity contribution in [1.82, 2.24) is 0 Å². The van der Waals surface area contributed by atoms with Crippen molar-refractivity contribution >= 4 is 337 Å². The van der Waals surface area contributed by atoms with Crippen LogP contribution in [0.2, 0.25) is 0 Å². The Hall–Kier alpha value is -4.46. The first-order chi connectivity index (χ1) is 34.5. The van der Waals surface area contributed by atoms with Crippen LogP contribution in [0.25, 0.3) is 43.5 Å². The van der Waals surface area contributed by atoms with E-state index in [1.54, 1.807) is 13.8 Å². The summed E-state index contributed by atoms with van der Waals surface area (Å²) in [5, 5.41) is 0.830. The molecule has 0 N–H and O–H groups in total. The number of aryl methyl sites for hydroxylation is 1. The second-order valence-corrected chi connectivity index (χ2v) is 18.0. The van der Waals surface area contributed by atoms with Crippen LogP contribution in [0.4, 0.5) is 0 Å². The van der Waals surface area contributed by atoms with Gasteiger partial charge >= 0.3 is 472 Å². The van der Waals surface area contributed by atoms with Gasteiger partial charge in [-0.3, -0.25) is 0 Å². The zero-order valence-corrected chi connectivity index (χ0v) is 40.6. The van der Waals surface area contributed by atoms with Gasteiger partial charge < -0.3 is 0 Å². The van der Waals surface area contributed by atoms with E-state index in [9.17, 15) is 0 Å². The van der Waals surface area contributed by atoms with E-state index in [1.165, 1.54) is 0 Å². The average molecular weight is 872 g/mol. The number of benzene rings is 6. The van der Waals surface area contributed by atoms with Crippen molar-refractivity contribution in [3.05, 3.63) is 77.5 Å². The van der Waals surface area contributed by atoms with E-state index >= 15 is 0 Å². The van der Waals surface area contributed by atoms with Crippen LogP contribution in [0.1, 0.15) is 63.8 Å². The molecule has 0 aliphatic heterocycles. The molecular weight excluding hydrogens is 859 g/mol. The summed E-state index contributed by atoms with van der Waals surface area (Å²) in [7, 11) is 167. The molecule has 1 aliphatic carbocycles. The van der Waals surface area contributed by atoms with Crippen molar-refractivity contribution in [3.63, 3.8) is 0 Å². The van der Waals surface area contributed by atoms with E-state index in [-0.39, 0.29) is 221 Å². The van der Waals surface area contributed by atoms with Gasteiger partial charge in [0.05, 0.1) is 0 Å². The number of allylic oxidation sites excluding steroid dienone is 7. The van der Waals surface area contributed by atoms with Crippen molar-refractivity contribution in [1.29, 1.82) is 0 Å². The summed E-state index contributed by atoms with van der Waals surface area (Å²) in [5.41, 5.74) is 1.28. The van der Waals surface area contributed by atoms with E-state index < -0.39 is 5.92 Å². The molecule has 25 heteroatoms. The molecule has 0 bridgehead atoms. The van der Waals surface area contributed by atoms with Gasteiger partial charge in [0.1, 0.15) is 0 Å². The van der Waals surface area contributed by atoms with E-state index in [1.807, 2.05) is 0 Å². The molecule has 74 heavy (non-hydrogen) atoms. The van der Waals surface area contributed by atoms with Crippen molar-refractivity contribution in [3.8, 4) is 24.7 Å². The minimum absolute atomic E-state index is 0.00346. The molecule has 48 radical (unpaired) electrons. The molecule has 1 unspecified atom stereocenters. The zero-order valence-electron chi connectivity index (χ0n) is 40.6. The average Bonchev–Trinajstić information content (AvgIpc) is 3.63. The third kappa shape index (κ3) is 8.32. The van der Waals surface area contributed by atoms with Gasteiger partial charge in [-0.15, -0.1) is 0 Å². The third-order valence-corrected chi connectivity index (χ3v) is 14.2. The minimum atomic E-state index is -1.08. The van der Waals surface area contributed by atoms with Gasteiger partial charge in [-0.25, -0.2) is 0 Å². The number of fused-ring (bicyclic) bond motifs is 5. The molecule has 1 atom stereocenters. The summed E-state index contributed by atoms with van der Waals surface area (Å²) < 4.78 is 0. The maximum absolute atomic E-state index is 7.48. The molecule has 6 aromatic carbocycles. The van der Waals surface area contributed by atoms with Gasteiger partial charge in [0.15, 0.2) is 0 Å². The molecule has 6 aromatic rings. The van der Waals surface area contributed by atoms with Crippen molar-refractivity contribution in [2.45, 2.75) is 32.5 Å². The summed E-state index contributed by atoms with van der Waals surface area (Å²) in [4.78, 5) is 0. The van der Waals surface area contributed by atoms with Crippen LogP contribution in [0.5, 0.6) is 0 Å². The fourth-order valence-electron chi connectivity index (χ4n) is 10.5. The third-order valence-electron chi connectivity index (χ3n) is 14.2. The number of terminal acetylenes is 2. The van der Waals surface area contributed by atoms with Crippen molar-refractivity contribution in [2.75, 3.05) is 0 Å².